The van der Waals surface area contributed by atoms with Gasteiger partial charge in [-0.2, -0.15) is 0 Å². The Kier molecular flexibility index (Phi) is 5.44. The molecule has 0 aromatic carbocycles. The van der Waals surface area contributed by atoms with Gasteiger partial charge < -0.3 is 11.1 Å². The van der Waals surface area contributed by atoms with Crippen molar-refractivity contribution in [2.75, 3.05) is 13.1 Å². The molecular formula is C16H16N4O. The smallest absolute Gasteiger partial charge is 0.252 e. The molecule has 2 aromatic heterocycles. The molecule has 0 saturated heterocycles. The van der Waals surface area contributed by atoms with Crippen LogP contribution in [0.25, 0.3) is 0 Å². The highest BCUT2D eigenvalue weighted by Crippen LogP contribution is 2.02. The summed E-state index contributed by atoms with van der Waals surface area (Å²) in [6.45, 7) is 0.837. The molecule has 0 aliphatic carbocycles. The van der Waals surface area contributed by atoms with Gasteiger partial charge in [-0.1, -0.05) is 11.8 Å². The zero-order chi connectivity index (χ0) is 14.9. The molecule has 0 saturated carbocycles. The number of nitrogens with zero attached hydrogens (tertiary/aromatic N) is 2. The second kappa shape index (κ2) is 7.78. The van der Waals surface area contributed by atoms with E-state index in [1.807, 2.05) is 12.1 Å². The lowest BCUT2D eigenvalue weighted by molar-refractivity contribution is 0.0953. The van der Waals surface area contributed by atoms with Gasteiger partial charge in [0.2, 0.25) is 0 Å². The number of hydrogen-bond donors (Lipinski definition) is 2. The van der Waals surface area contributed by atoms with Crippen molar-refractivity contribution in [3.05, 3.63) is 59.7 Å². The zero-order valence-electron chi connectivity index (χ0n) is 11.5. The van der Waals surface area contributed by atoms with E-state index >= 15 is 0 Å². The molecule has 0 unspecified atom stereocenters. The number of hydrogen-bond acceptors (Lipinski definition) is 4. The second-order valence-electron chi connectivity index (χ2n) is 4.33. The molecule has 1 amide bonds. The number of aromatic nitrogens is 2. The Morgan fingerprint density at radius 1 is 1.24 bits per heavy atom. The third-order valence-electron chi connectivity index (χ3n) is 2.78. The van der Waals surface area contributed by atoms with E-state index in [2.05, 4.69) is 27.1 Å². The Morgan fingerprint density at radius 2 is 2.05 bits per heavy atom. The first-order valence-corrected chi connectivity index (χ1v) is 6.60. The number of amides is 1. The van der Waals surface area contributed by atoms with Crippen molar-refractivity contribution in [1.29, 1.82) is 0 Å². The van der Waals surface area contributed by atoms with Crippen LogP contribution in [0.1, 0.15) is 21.5 Å². The van der Waals surface area contributed by atoms with E-state index in [1.165, 1.54) is 6.20 Å². The van der Waals surface area contributed by atoms with Crippen LogP contribution >= 0.6 is 0 Å². The normalized spacial score (nSPS) is 9.57. The van der Waals surface area contributed by atoms with Crippen molar-refractivity contribution in [2.45, 2.75) is 6.42 Å². The fraction of sp³-hybridized carbons (Fsp3) is 0.188. The quantitative estimate of drug-likeness (QED) is 0.810. The van der Waals surface area contributed by atoms with Gasteiger partial charge in [0.15, 0.2) is 0 Å². The minimum absolute atomic E-state index is 0.159. The van der Waals surface area contributed by atoms with Gasteiger partial charge in [0.05, 0.1) is 12.1 Å². The summed E-state index contributed by atoms with van der Waals surface area (Å²) in [5.41, 5.74) is 7.62. The monoisotopic (exact) mass is 280 g/mol. The third kappa shape index (κ3) is 4.71. The van der Waals surface area contributed by atoms with Gasteiger partial charge in [-0.3, -0.25) is 14.8 Å². The van der Waals surface area contributed by atoms with Crippen LogP contribution in [0.3, 0.4) is 0 Å². The Morgan fingerprint density at radius 3 is 2.81 bits per heavy atom. The predicted molar refractivity (Wildman–Crippen MR) is 80.4 cm³/mol. The molecular weight excluding hydrogens is 264 g/mol. The van der Waals surface area contributed by atoms with Crippen molar-refractivity contribution >= 4 is 5.91 Å². The van der Waals surface area contributed by atoms with Crippen LogP contribution in [-0.4, -0.2) is 29.0 Å². The Hall–Kier alpha value is -2.71. The Bertz CT molecular complexity index is 659. The molecule has 0 radical (unpaired) electrons. The molecule has 3 N–H and O–H groups in total. The number of nitrogens with one attached hydrogen (secondary N) is 1. The van der Waals surface area contributed by atoms with Crippen LogP contribution in [0.2, 0.25) is 0 Å². The fourth-order valence-corrected chi connectivity index (χ4v) is 1.76. The van der Waals surface area contributed by atoms with Crippen LogP contribution in [0.15, 0.2) is 43.0 Å². The van der Waals surface area contributed by atoms with E-state index < -0.39 is 0 Å². The summed E-state index contributed by atoms with van der Waals surface area (Å²) in [7, 11) is 0. The van der Waals surface area contributed by atoms with Crippen LogP contribution in [-0.2, 0) is 6.42 Å². The van der Waals surface area contributed by atoms with Gasteiger partial charge in [-0.25, -0.2) is 0 Å². The number of rotatable bonds is 4. The summed E-state index contributed by atoms with van der Waals surface area (Å²) in [6.07, 6.45) is 7.36. The molecule has 2 heterocycles. The highest BCUT2D eigenvalue weighted by atomic mass is 16.1. The number of nitrogens with two attached hydrogens (primary N) is 1. The lowest BCUT2D eigenvalue weighted by atomic mass is 10.2. The molecule has 0 bridgehead atoms. The van der Waals surface area contributed by atoms with Crippen LogP contribution in [0, 0.1) is 11.8 Å². The SMILES string of the molecule is NCC#Cc1cncc(C(=O)NCCc2ccncc2)c1. The van der Waals surface area contributed by atoms with Crippen molar-refractivity contribution in [2.24, 2.45) is 5.73 Å². The maximum absolute atomic E-state index is 12.0. The maximum atomic E-state index is 12.0. The van der Waals surface area contributed by atoms with Gasteiger partial charge in [0.1, 0.15) is 0 Å². The third-order valence-corrected chi connectivity index (χ3v) is 2.78. The summed E-state index contributed by atoms with van der Waals surface area (Å²) in [5.74, 6) is 5.43. The number of pyridine rings is 2. The predicted octanol–water partition coefficient (Wildman–Crippen LogP) is 0.759. The topological polar surface area (TPSA) is 80.9 Å². The summed E-state index contributed by atoms with van der Waals surface area (Å²) >= 11 is 0. The van der Waals surface area contributed by atoms with E-state index in [4.69, 9.17) is 5.73 Å². The second-order valence-corrected chi connectivity index (χ2v) is 4.33. The maximum Gasteiger partial charge on any atom is 0.252 e. The molecule has 0 spiro atoms. The minimum atomic E-state index is -0.159. The van der Waals surface area contributed by atoms with Crippen molar-refractivity contribution in [1.82, 2.24) is 15.3 Å². The van der Waals surface area contributed by atoms with Crippen molar-refractivity contribution in [3.8, 4) is 11.8 Å². The van der Waals surface area contributed by atoms with Crippen molar-refractivity contribution in [3.63, 3.8) is 0 Å². The van der Waals surface area contributed by atoms with Crippen LogP contribution in [0.5, 0.6) is 0 Å². The minimum Gasteiger partial charge on any atom is -0.352 e. The van der Waals surface area contributed by atoms with Gasteiger partial charge in [0.25, 0.3) is 5.91 Å². The zero-order valence-corrected chi connectivity index (χ0v) is 11.5. The molecule has 2 rings (SSSR count). The number of carbonyl (C=O) groups excluding carboxylic acids is 1. The first-order valence-electron chi connectivity index (χ1n) is 6.60. The molecule has 0 aliphatic heterocycles. The first-order chi connectivity index (χ1) is 10.3. The standard InChI is InChI=1S/C16H16N4O/c17-6-1-2-14-10-15(12-19-11-14)16(21)20-9-5-13-3-7-18-8-4-13/h3-4,7-8,10-12H,5-6,9,17H2,(H,20,21). The summed E-state index contributed by atoms with van der Waals surface area (Å²) in [4.78, 5) is 20.0. The molecule has 0 aliphatic rings. The van der Waals surface area contributed by atoms with E-state index in [0.717, 1.165) is 12.0 Å². The molecule has 5 heteroatoms. The van der Waals surface area contributed by atoms with E-state index in [0.29, 0.717) is 17.7 Å². The molecule has 5 nitrogen and oxygen atoms in total. The fourth-order valence-electron chi connectivity index (χ4n) is 1.76. The summed E-state index contributed by atoms with van der Waals surface area (Å²) < 4.78 is 0. The van der Waals surface area contributed by atoms with E-state index in [1.54, 1.807) is 24.7 Å². The lowest BCUT2D eigenvalue weighted by Gasteiger charge is -2.05. The summed E-state index contributed by atoms with van der Waals surface area (Å²) in [6, 6.07) is 5.56. The number of carbonyl (C=O) groups is 1. The van der Waals surface area contributed by atoms with Crippen molar-refractivity contribution < 1.29 is 4.79 Å². The highest BCUT2D eigenvalue weighted by Gasteiger charge is 2.05. The van der Waals surface area contributed by atoms with E-state index in [-0.39, 0.29) is 12.5 Å². The molecule has 0 fully saturated rings. The molecule has 106 valence electrons. The Balaban J connectivity index is 1.91. The van der Waals surface area contributed by atoms with Gasteiger partial charge in [0, 0.05) is 36.9 Å². The largest absolute Gasteiger partial charge is 0.352 e. The van der Waals surface area contributed by atoms with Gasteiger partial charge in [-0.05, 0) is 30.2 Å². The molecule has 21 heavy (non-hydrogen) atoms. The van der Waals surface area contributed by atoms with Crippen LogP contribution < -0.4 is 11.1 Å². The average Bonchev–Trinajstić information content (AvgIpc) is 2.54. The van der Waals surface area contributed by atoms with Gasteiger partial charge in [-0.15, -0.1) is 0 Å². The molecule has 2 aromatic rings. The highest BCUT2D eigenvalue weighted by molar-refractivity contribution is 5.94. The first kappa shape index (κ1) is 14.7. The van der Waals surface area contributed by atoms with Gasteiger partial charge >= 0.3 is 0 Å². The van der Waals surface area contributed by atoms with Crippen LogP contribution in [0.4, 0.5) is 0 Å². The molecule has 0 atom stereocenters. The lowest BCUT2D eigenvalue weighted by Crippen LogP contribution is -2.25. The average molecular weight is 280 g/mol. The summed E-state index contributed by atoms with van der Waals surface area (Å²) in [5, 5.41) is 2.86. The van der Waals surface area contributed by atoms with E-state index in [9.17, 15) is 4.79 Å². The Labute approximate surface area is 123 Å².